The Morgan fingerprint density at radius 3 is 2.66 bits per heavy atom. The Balaban J connectivity index is 1.70. The molecule has 1 saturated heterocycles. The molecule has 5 nitrogen and oxygen atoms in total. The predicted molar refractivity (Wildman–Crippen MR) is 166 cm³/mol. The Labute approximate surface area is 240 Å². The van der Waals surface area contributed by atoms with Crippen LogP contribution in [0.5, 0.6) is 0 Å². The van der Waals surface area contributed by atoms with Gasteiger partial charge in [0, 0.05) is 53.9 Å². The summed E-state index contributed by atoms with van der Waals surface area (Å²) >= 11 is 0. The third-order valence-electron chi connectivity index (χ3n) is 7.20. The average Bonchev–Trinajstić information content (AvgIpc) is 3.65. The molecule has 7 heteroatoms. The van der Waals surface area contributed by atoms with E-state index in [4.69, 9.17) is 0 Å². The molecule has 0 aliphatic carbocycles. The van der Waals surface area contributed by atoms with E-state index in [0.29, 0.717) is 13.1 Å². The van der Waals surface area contributed by atoms with Gasteiger partial charge in [-0.3, -0.25) is 15.0 Å². The van der Waals surface area contributed by atoms with Crippen molar-refractivity contribution in [1.29, 1.82) is 0 Å². The minimum absolute atomic E-state index is 0.110. The second kappa shape index (κ2) is 12.9. The van der Waals surface area contributed by atoms with Crippen LogP contribution >= 0.6 is 0 Å². The van der Waals surface area contributed by atoms with Crippen LogP contribution in [0.2, 0.25) is 0 Å². The van der Waals surface area contributed by atoms with Crippen LogP contribution in [-0.2, 0) is 0 Å². The van der Waals surface area contributed by atoms with E-state index in [2.05, 4.69) is 46.0 Å². The molecule has 0 spiro atoms. The highest BCUT2D eigenvalue weighted by Gasteiger charge is 2.37. The predicted octanol–water partition coefficient (Wildman–Crippen LogP) is 6.26. The molecule has 41 heavy (non-hydrogen) atoms. The first-order chi connectivity index (χ1) is 19.7. The fourth-order valence-corrected chi connectivity index (χ4v) is 5.07. The van der Waals surface area contributed by atoms with Crippen LogP contribution in [-0.4, -0.2) is 50.6 Å². The number of hydrogen-bond acceptors (Lipinski definition) is 3. The van der Waals surface area contributed by atoms with E-state index in [1.54, 1.807) is 23.2 Å². The lowest BCUT2D eigenvalue weighted by atomic mass is 9.98. The largest absolute Gasteiger partial charge is 0.357 e. The standard InChI is InChI=1S/C34H37F2N5/c1-7-12-28(27-13-11-15-37-20-27)29-19-32(38-24(29)6)33-30(31(10-4)39-40-33)17-23(5)26(9-3)18-25(8-2)21-41-16-14-34(35,36)22-41/h7-13,15,17-20,38-39H,1-2,5,14,16,21-22H2,3-4,6H3/b25-18+,26-9+,28-12-,30-17+,31-10+. The van der Waals surface area contributed by atoms with E-state index in [1.807, 2.05) is 69.5 Å². The van der Waals surface area contributed by atoms with Gasteiger partial charge in [0.15, 0.2) is 0 Å². The molecule has 3 aromatic rings. The first-order valence-electron chi connectivity index (χ1n) is 13.6. The van der Waals surface area contributed by atoms with E-state index in [-0.39, 0.29) is 13.0 Å². The number of allylic oxidation sites excluding steroid dienone is 6. The fraction of sp³-hybridized carbons (Fsp3) is 0.235. The Morgan fingerprint density at radius 1 is 1.24 bits per heavy atom. The number of alkyl halides is 2. The first kappa shape index (κ1) is 29.6. The SMILES string of the molecule is C=C/C=C(/c1cccnc1)c1cc(-c2n[nH]c(=C/C)/c2=C\C(=C)C(/C=C(\C=C)CN2CCC(F)(F)C2)=C/C)[nH]c1C. The number of aromatic amines is 2. The molecule has 0 bridgehead atoms. The van der Waals surface area contributed by atoms with Gasteiger partial charge in [0.1, 0.15) is 5.69 Å². The number of halogens is 2. The Morgan fingerprint density at radius 2 is 2.05 bits per heavy atom. The number of nitrogens with zero attached hydrogens (tertiary/aromatic N) is 3. The number of nitrogens with one attached hydrogen (secondary N) is 2. The van der Waals surface area contributed by atoms with Gasteiger partial charge in [0.25, 0.3) is 5.92 Å². The molecular weight excluding hydrogens is 516 g/mol. The van der Waals surface area contributed by atoms with Crippen molar-refractivity contribution in [1.82, 2.24) is 25.1 Å². The number of aryl methyl sites for hydroxylation is 1. The maximum absolute atomic E-state index is 13.7. The number of hydrogen-bond donors (Lipinski definition) is 2. The number of likely N-dealkylation sites (tertiary alicyclic amines) is 1. The van der Waals surface area contributed by atoms with Crippen LogP contribution in [0.3, 0.4) is 0 Å². The molecule has 0 aromatic carbocycles. The normalized spacial score (nSPS) is 17.3. The lowest BCUT2D eigenvalue weighted by molar-refractivity contribution is 0.0131. The van der Waals surface area contributed by atoms with Crippen molar-refractivity contribution in [2.75, 3.05) is 19.6 Å². The van der Waals surface area contributed by atoms with Gasteiger partial charge >= 0.3 is 0 Å². The van der Waals surface area contributed by atoms with Crippen molar-refractivity contribution in [3.63, 3.8) is 0 Å². The number of rotatable bonds is 10. The van der Waals surface area contributed by atoms with Crippen molar-refractivity contribution >= 4 is 17.7 Å². The third-order valence-corrected chi connectivity index (χ3v) is 7.20. The first-order valence-corrected chi connectivity index (χ1v) is 13.6. The summed E-state index contributed by atoms with van der Waals surface area (Å²) in [5.74, 6) is -2.63. The summed E-state index contributed by atoms with van der Waals surface area (Å²) in [5, 5.41) is 9.55. The molecule has 1 aliphatic rings. The van der Waals surface area contributed by atoms with Gasteiger partial charge in [-0.15, -0.1) is 0 Å². The monoisotopic (exact) mass is 553 g/mol. The van der Waals surface area contributed by atoms with Crippen molar-refractivity contribution in [3.05, 3.63) is 125 Å². The quantitative estimate of drug-likeness (QED) is 0.291. The molecule has 2 N–H and O–H groups in total. The van der Waals surface area contributed by atoms with E-state index < -0.39 is 5.92 Å². The zero-order chi connectivity index (χ0) is 29.6. The lowest BCUT2D eigenvalue weighted by Gasteiger charge is -2.16. The van der Waals surface area contributed by atoms with E-state index >= 15 is 0 Å². The molecule has 1 aliphatic heterocycles. The molecule has 1 fully saturated rings. The van der Waals surface area contributed by atoms with E-state index in [1.165, 1.54) is 0 Å². The molecule has 0 saturated carbocycles. The highest BCUT2D eigenvalue weighted by molar-refractivity contribution is 5.84. The van der Waals surface area contributed by atoms with Crippen LogP contribution in [0.25, 0.3) is 29.1 Å². The van der Waals surface area contributed by atoms with Crippen LogP contribution in [0.1, 0.15) is 37.1 Å². The van der Waals surface area contributed by atoms with Crippen molar-refractivity contribution in [3.8, 4) is 11.4 Å². The van der Waals surface area contributed by atoms with Crippen LogP contribution in [0.4, 0.5) is 8.78 Å². The molecule has 0 amide bonds. The van der Waals surface area contributed by atoms with Gasteiger partial charge in [-0.1, -0.05) is 62.3 Å². The smallest absolute Gasteiger partial charge is 0.261 e. The summed E-state index contributed by atoms with van der Waals surface area (Å²) in [6.45, 7) is 18.6. The minimum atomic E-state index is -2.63. The summed E-state index contributed by atoms with van der Waals surface area (Å²) in [6, 6.07) is 6.02. The van der Waals surface area contributed by atoms with Gasteiger partial charge in [0.05, 0.1) is 17.6 Å². The van der Waals surface area contributed by atoms with Gasteiger partial charge in [0.2, 0.25) is 0 Å². The summed E-state index contributed by atoms with van der Waals surface area (Å²) in [5.41, 5.74) is 8.17. The Hall–Kier alpha value is -4.36. The van der Waals surface area contributed by atoms with Crippen LogP contribution in [0.15, 0.2) is 97.4 Å². The van der Waals surface area contributed by atoms with Gasteiger partial charge in [-0.25, -0.2) is 8.78 Å². The summed E-state index contributed by atoms with van der Waals surface area (Å²) in [6.07, 6.45) is 16.9. The molecule has 0 unspecified atom stereocenters. The van der Waals surface area contributed by atoms with Crippen LogP contribution < -0.4 is 10.6 Å². The van der Waals surface area contributed by atoms with Crippen LogP contribution in [0, 0.1) is 6.92 Å². The van der Waals surface area contributed by atoms with E-state index in [0.717, 1.165) is 61.1 Å². The van der Waals surface area contributed by atoms with Gasteiger partial charge < -0.3 is 4.98 Å². The number of aromatic nitrogens is 4. The second-order valence-corrected chi connectivity index (χ2v) is 10.1. The molecule has 4 heterocycles. The van der Waals surface area contributed by atoms with Crippen molar-refractivity contribution in [2.45, 2.75) is 33.1 Å². The van der Waals surface area contributed by atoms with Crippen molar-refractivity contribution < 1.29 is 8.78 Å². The zero-order valence-corrected chi connectivity index (χ0v) is 24.0. The average molecular weight is 554 g/mol. The summed E-state index contributed by atoms with van der Waals surface area (Å²) < 4.78 is 27.4. The van der Waals surface area contributed by atoms with E-state index in [9.17, 15) is 8.78 Å². The molecule has 0 radical (unpaired) electrons. The van der Waals surface area contributed by atoms with Crippen molar-refractivity contribution in [2.24, 2.45) is 0 Å². The molecule has 212 valence electrons. The zero-order valence-electron chi connectivity index (χ0n) is 24.0. The number of H-pyrrole nitrogens is 2. The topological polar surface area (TPSA) is 60.6 Å². The number of pyridine rings is 1. The fourth-order valence-electron chi connectivity index (χ4n) is 5.07. The summed E-state index contributed by atoms with van der Waals surface area (Å²) in [7, 11) is 0. The Bertz CT molecular complexity index is 1650. The highest BCUT2D eigenvalue weighted by atomic mass is 19.3. The second-order valence-electron chi connectivity index (χ2n) is 10.1. The maximum Gasteiger partial charge on any atom is 0.261 e. The third kappa shape index (κ3) is 6.87. The minimum Gasteiger partial charge on any atom is -0.357 e. The molecule has 3 aromatic heterocycles. The molecule has 0 atom stereocenters. The Kier molecular flexibility index (Phi) is 9.30. The van der Waals surface area contributed by atoms with Gasteiger partial charge in [-0.2, -0.15) is 5.10 Å². The molecular formula is C34H37F2N5. The summed E-state index contributed by atoms with van der Waals surface area (Å²) in [4.78, 5) is 9.55. The lowest BCUT2D eigenvalue weighted by Crippen LogP contribution is -2.26. The van der Waals surface area contributed by atoms with Gasteiger partial charge in [-0.05, 0) is 61.3 Å². The maximum atomic E-state index is 13.7. The highest BCUT2D eigenvalue weighted by Crippen LogP contribution is 2.30. The molecule has 4 rings (SSSR count).